The fourth-order valence-corrected chi connectivity index (χ4v) is 2.05. The van der Waals surface area contributed by atoms with E-state index < -0.39 is 0 Å². The van der Waals surface area contributed by atoms with Crippen LogP contribution in [0, 0.1) is 6.92 Å². The molecule has 0 aliphatic carbocycles. The first-order valence-corrected chi connectivity index (χ1v) is 7.60. The molecule has 0 aliphatic heterocycles. The van der Waals surface area contributed by atoms with Crippen LogP contribution in [0.3, 0.4) is 0 Å². The van der Waals surface area contributed by atoms with E-state index in [1.807, 2.05) is 38.1 Å². The van der Waals surface area contributed by atoms with Crippen molar-refractivity contribution >= 4 is 5.91 Å². The van der Waals surface area contributed by atoms with Crippen LogP contribution in [0.1, 0.15) is 18.2 Å². The third-order valence-electron chi connectivity index (χ3n) is 3.43. The molecular formula is C17H21N3O3. The lowest BCUT2D eigenvalue weighted by atomic mass is 10.2. The third-order valence-corrected chi connectivity index (χ3v) is 3.43. The van der Waals surface area contributed by atoms with Crippen LogP contribution in [0.5, 0.6) is 5.75 Å². The smallest absolute Gasteiger partial charge is 0.258 e. The fourth-order valence-electron chi connectivity index (χ4n) is 2.05. The lowest BCUT2D eigenvalue weighted by molar-refractivity contribution is -0.123. The normalized spacial score (nSPS) is 10.3. The summed E-state index contributed by atoms with van der Waals surface area (Å²) in [5, 5.41) is 2.73. The topological polar surface area (TPSA) is 73.2 Å². The summed E-state index contributed by atoms with van der Waals surface area (Å²) in [6.07, 6.45) is 2.24. The van der Waals surface area contributed by atoms with Gasteiger partial charge in [-0.25, -0.2) is 4.98 Å². The molecule has 2 rings (SSSR count). The zero-order valence-electron chi connectivity index (χ0n) is 13.4. The molecule has 23 heavy (non-hydrogen) atoms. The van der Waals surface area contributed by atoms with E-state index in [4.69, 9.17) is 4.74 Å². The average Bonchev–Trinajstić information content (AvgIpc) is 2.55. The van der Waals surface area contributed by atoms with Crippen molar-refractivity contribution in [2.45, 2.75) is 26.8 Å². The van der Waals surface area contributed by atoms with E-state index in [-0.39, 0.29) is 18.1 Å². The molecule has 1 heterocycles. The highest BCUT2D eigenvalue weighted by Gasteiger charge is 2.05. The summed E-state index contributed by atoms with van der Waals surface area (Å²) in [6, 6.07) is 9.04. The Kier molecular flexibility index (Phi) is 5.91. The Hall–Kier alpha value is -2.63. The van der Waals surface area contributed by atoms with Crippen LogP contribution < -0.4 is 15.6 Å². The number of nitrogens with one attached hydrogen (secondary N) is 1. The van der Waals surface area contributed by atoms with Crippen LogP contribution in [-0.2, 0) is 17.8 Å². The third kappa shape index (κ3) is 4.95. The number of aromatic nitrogens is 2. The summed E-state index contributed by atoms with van der Waals surface area (Å²) in [4.78, 5) is 27.7. The molecule has 0 fully saturated rings. The van der Waals surface area contributed by atoms with Crippen molar-refractivity contribution in [3.63, 3.8) is 0 Å². The number of para-hydroxylation sites is 1. The predicted octanol–water partition coefficient (Wildman–Crippen LogP) is 1.31. The van der Waals surface area contributed by atoms with Gasteiger partial charge in [0.1, 0.15) is 5.75 Å². The van der Waals surface area contributed by atoms with E-state index in [0.29, 0.717) is 18.8 Å². The maximum absolute atomic E-state index is 11.8. The van der Waals surface area contributed by atoms with Gasteiger partial charge in [-0.1, -0.05) is 25.1 Å². The molecule has 0 bridgehead atoms. The van der Waals surface area contributed by atoms with Gasteiger partial charge < -0.3 is 10.1 Å². The lowest BCUT2D eigenvalue weighted by Gasteiger charge is -2.10. The zero-order chi connectivity index (χ0) is 16.7. The molecule has 0 saturated carbocycles. The van der Waals surface area contributed by atoms with Gasteiger partial charge in [0.15, 0.2) is 6.61 Å². The predicted molar refractivity (Wildman–Crippen MR) is 87.6 cm³/mol. The average molecular weight is 315 g/mol. The van der Waals surface area contributed by atoms with E-state index >= 15 is 0 Å². The first-order chi connectivity index (χ1) is 11.1. The van der Waals surface area contributed by atoms with Crippen LogP contribution in [0.15, 0.2) is 41.5 Å². The van der Waals surface area contributed by atoms with Gasteiger partial charge in [0, 0.05) is 24.8 Å². The number of hydrogen-bond acceptors (Lipinski definition) is 4. The Morgan fingerprint density at radius 1 is 1.35 bits per heavy atom. The van der Waals surface area contributed by atoms with Gasteiger partial charge in [-0.15, -0.1) is 0 Å². The van der Waals surface area contributed by atoms with Gasteiger partial charge in [0.25, 0.3) is 11.5 Å². The number of aryl methyl sites for hydroxylation is 2. The molecule has 1 aromatic heterocycles. The standard InChI is InChI=1S/C17H21N3O3/c1-3-14-10-17(22)20(12-19-14)9-8-18-16(21)11-23-15-7-5-4-6-13(15)2/h4-7,10,12H,3,8-9,11H2,1-2H3,(H,18,21). The Labute approximate surface area is 135 Å². The number of carbonyl (C=O) groups excluding carboxylic acids is 1. The molecule has 6 heteroatoms. The zero-order valence-corrected chi connectivity index (χ0v) is 13.4. The minimum Gasteiger partial charge on any atom is -0.484 e. The summed E-state index contributed by atoms with van der Waals surface area (Å²) < 4.78 is 6.94. The molecule has 2 aromatic rings. The molecule has 1 N–H and O–H groups in total. The minimum absolute atomic E-state index is 0.0488. The summed E-state index contributed by atoms with van der Waals surface area (Å²) in [6.45, 7) is 4.55. The van der Waals surface area contributed by atoms with E-state index in [1.54, 1.807) is 0 Å². The molecule has 0 unspecified atom stereocenters. The quantitative estimate of drug-likeness (QED) is 0.836. The fraction of sp³-hybridized carbons (Fsp3) is 0.353. The second-order valence-electron chi connectivity index (χ2n) is 5.17. The second kappa shape index (κ2) is 8.12. The number of amides is 1. The van der Waals surface area contributed by atoms with Crippen molar-refractivity contribution in [3.8, 4) is 5.75 Å². The Bertz CT molecular complexity index is 725. The van der Waals surface area contributed by atoms with Gasteiger partial charge >= 0.3 is 0 Å². The molecule has 6 nitrogen and oxygen atoms in total. The highest BCUT2D eigenvalue weighted by Crippen LogP contribution is 2.15. The first kappa shape index (κ1) is 16.7. The van der Waals surface area contributed by atoms with Crippen molar-refractivity contribution in [1.82, 2.24) is 14.9 Å². The Balaban J connectivity index is 1.77. The van der Waals surface area contributed by atoms with E-state index in [0.717, 1.165) is 17.7 Å². The van der Waals surface area contributed by atoms with Crippen LogP contribution in [-0.4, -0.2) is 28.6 Å². The largest absolute Gasteiger partial charge is 0.484 e. The van der Waals surface area contributed by atoms with Crippen molar-refractivity contribution in [2.75, 3.05) is 13.2 Å². The monoisotopic (exact) mass is 315 g/mol. The second-order valence-corrected chi connectivity index (χ2v) is 5.17. The summed E-state index contributed by atoms with van der Waals surface area (Å²) in [5.41, 5.74) is 1.64. The van der Waals surface area contributed by atoms with Crippen molar-refractivity contribution in [2.24, 2.45) is 0 Å². The summed E-state index contributed by atoms with van der Waals surface area (Å²) in [5.74, 6) is 0.470. The number of benzene rings is 1. The maximum Gasteiger partial charge on any atom is 0.258 e. The molecule has 0 saturated heterocycles. The molecule has 0 spiro atoms. The molecule has 1 aromatic carbocycles. The minimum atomic E-state index is -0.223. The highest BCUT2D eigenvalue weighted by atomic mass is 16.5. The number of rotatable bonds is 7. The molecule has 1 amide bonds. The van der Waals surface area contributed by atoms with Crippen LogP contribution in [0.4, 0.5) is 0 Å². The number of hydrogen-bond donors (Lipinski definition) is 1. The lowest BCUT2D eigenvalue weighted by Crippen LogP contribution is -2.33. The van der Waals surface area contributed by atoms with Gasteiger partial charge in [-0.2, -0.15) is 0 Å². The van der Waals surface area contributed by atoms with Crippen molar-refractivity contribution in [1.29, 1.82) is 0 Å². The van der Waals surface area contributed by atoms with Gasteiger partial charge in [-0.05, 0) is 25.0 Å². The molecule has 122 valence electrons. The van der Waals surface area contributed by atoms with Gasteiger partial charge in [0.05, 0.1) is 6.33 Å². The highest BCUT2D eigenvalue weighted by molar-refractivity contribution is 5.77. The molecule has 0 atom stereocenters. The SMILES string of the molecule is CCc1cc(=O)n(CCNC(=O)COc2ccccc2C)cn1. The van der Waals surface area contributed by atoms with E-state index in [9.17, 15) is 9.59 Å². The number of nitrogens with zero attached hydrogens (tertiary/aromatic N) is 2. The van der Waals surface area contributed by atoms with E-state index in [2.05, 4.69) is 10.3 Å². The van der Waals surface area contributed by atoms with Gasteiger partial charge in [-0.3, -0.25) is 14.2 Å². The van der Waals surface area contributed by atoms with Crippen LogP contribution in [0.25, 0.3) is 0 Å². The molecule has 0 aliphatic rings. The maximum atomic E-state index is 11.8. The summed E-state index contributed by atoms with van der Waals surface area (Å²) in [7, 11) is 0. The van der Waals surface area contributed by atoms with Crippen molar-refractivity contribution in [3.05, 3.63) is 58.3 Å². The molecular weight excluding hydrogens is 294 g/mol. The first-order valence-electron chi connectivity index (χ1n) is 7.60. The van der Waals surface area contributed by atoms with Crippen molar-refractivity contribution < 1.29 is 9.53 Å². The van der Waals surface area contributed by atoms with Gasteiger partial charge in [0.2, 0.25) is 0 Å². The Morgan fingerprint density at radius 3 is 2.83 bits per heavy atom. The number of ether oxygens (including phenoxy) is 1. The summed E-state index contributed by atoms with van der Waals surface area (Å²) >= 11 is 0. The molecule has 0 radical (unpaired) electrons. The van der Waals surface area contributed by atoms with Crippen LogP contribution >= 0.6 is 0 Å². The number of carbonyl (C=O) groups is 1. The van der Waals surface area contributed by atoms with E-state index in [1.165, 1.54) is 17.0 Å². The van der Waals surface area contributed by atoms with Crippen LogP contribution in [0.2, 0.25) is 0 Å². The Morgan fingerprint density at radius 2 is 2.13 bits per heavy atom.